The minimum Gasteiger partial charge on any atom is -0.412 e. The largest absolute Gasteiger partial charge is 0.412 e. The summed E-state index contributed by atoms with van der Waals surface area (Å²) in [5.41, 5.74) is 0.283. The Bertz CT molecular complexity index is 1460. The van der Waals surface area contributed by atoms with Crippen LogP contribution in [0.2, 0.25) is 0 Å². The number of anilines is 1. The lowest BCUT2D eigenvalue weighted by Gasteiger charge is -2.36. The predicted molar refractivity (Wildman–Crippen MR) is 180 cm³/mol. The van der Waals surface area contributed by atoms with Gasteiger partial charge in [-0.15, -0.1) is 11.3 Å². The number of hydrogen-bond donors (Lipinski definition) is 4. The number of thiophene rings is 1. The van der Waals surface area contributed by atoms with Crippen molar-refractivity contribution in [1.82, 2.24) is 44.0 Å². The molecule has 1 fully saturated rings. The van der Waals surface area contributed by atoms with Gasteiger partial charge < -0.3 is 55.7 Å². The van der Waals surface area contributed by atoms with Crippen LogP contribution in [0.4, 0.5) is 36.4 Å². The highest BCUT2D eigenvalue weighted by Gasteiger charge is 2.33. The number of benzene rings is 1. The standard InChI is InChI=1S/C24H25F4N5O3S.CHF3.4H3N.3H2O.H2S/c1-3-30(13-24(26,27)28)18(34)12-33-14-29-21-19(22(33)35)15(2)20(37-21)23(36)32-10-8-31(9-11-32)17-7-5-4-6-16(17)25;2-1(3)4;;;;;;;;/h4-7,14H,3,8-13H2,1-2H3;1H;4*1H3;4*1H2. The van der Waals surface area contributed by atoms with Gasteiger partial charge in [-0.25, -0.2) is 9.37 Å². The van der Waals surface area contributed by atoms with E-state index in [0.717, 1.165) is 22.2 Å². The minimum absolute atomic E-state index is 0. The molecule has 18 N–H and O–H groups in total. The average molecular weight is 766 g/mol. The Morgan fingerprint density at radius 1 is 0.980 bits per heavy atom. The molecule has 3 aromatic rings. The fraction of sp³-hybridized carbons (Fsp3) is 0.440. The van der Waals surface area contributed by atoms with Crippen LogP contribution in [0, 0.1) is 12.7 Å². The van der Waals surface area contributed by atoms with Crippen molar-refractivity contribution in [3.05, 3.63) is 57.2 Å². The molecule has 2 amide bonds. The third kappa shape index (κ3) is 14.8. The number of carbonyl (C=O) groups excluding carboxylic acids is 2. The molecular formula is C25H46F7N9O6S2. The molecule has 1 aliphatic rings. The van der Waals surface area contributed by atoms with Crippen LogP contribution < -0.4 is 35.1 Å². The van der Waals surface area contributed by atoms with Crippen molar-refractivity contribution in [2.24, 2.45) is 0 Å². The zero-order chi connectivity index (χ0) is 30.5. The summed E-state index contributed by atoms with van der Waals surface area (Å²) in [5, 5.41) is 0.160. The molecule has 1 aromatic carbocycles. The number of aryl methyl sites for hydroxylation is 1. The number of hydrogen-bond acceptors (Lipinski definition) is 10. The summed E-state index contributed by atoms with van der Waals surface area (Å²) in [5.74, 6) is -1.47. The van der Waals surface area contributed by atoms with Crippen LogP contribution in [0.1, 0.15) is 22.2 Å². The van der Waals surface area contributed by atoms with Gasteiger partial charge in [0.1, 0.15) is 23.7 Å². The second kappa shape index (κ2) is 24.5. The van der Waals surface area contributed by atoms with Crippen LogP contribution >= 0.6 is 24.8 Å². The smallest absolute Gasteiger partial charge is 0.406 e. The third-order valence-electron chi connectivity index (χ3n) is 6.28. The Labute approximate surface area is 287 Å². The Balaban J connectivity index is -0.000000365. The molecule has 49 heavy (non-hydrogen) atoms. The second-order valence-corrected chi connectivity index (χ2v) is 9.91. The van der Waals surface area contributed by atoms with Crippen LogP contribution in [-0.4, -0.2) is 99.7 Å². The lowest BCUT2D eigenvalue weighted by atomic mass is 10.2. The van der Waals surface area contributed by atoms with Gasteiger partial charge in [-0.3, -0.25) is 19.0 Å². The first-order chi connectivity index (χ1) is 19.2. The number of piperazine rings is 1. The maximum atomic E-state index is 14.1. The van der Waals surface area contributed by atoms with Gasteiger partial charge in [-0.05, 0) is 31.5 Å². The molecule has 0 radical (unpaired) electrons. The van der Waals surface area contributed by atoms with E-state index in [4.69, 9.17) is 0 Å². The quantitative estimate of drug-likeness (QED) is 0.268. The summed E-state index contributed by atoms with van der Waals surface area (Å²) in [6.45, 7) is -1.20. The summed E-state index contributed by atoms with van der Waals surface area (Å²) in [4.78, 5) is 47.7. The Kier molecular flexibility index (Phi) is 28.8. The molecule has 0 atom stereocenters. The molecular weight excluding hydrogens is 719 g/mol. The summed E-state index contributed by atoms with van der Waals surface area (Å²) in [7, 11) is 0. The highest BCUT2D eigenvalue weighted by Crippen LogP contribution is 2.29. The van der Waals surface area contributed by atoms with E-state index >= 15 is 0 Å². The normalized spacial score (nSPS) is 11.6. The highest BCUT2D eigenvalue weighted by atomic mass is 32.1. The fourth-order valence-corrected chi connectivity index (χ4v) is 5.42. The number of fused-ring (bicyclic) bond motifs is 1. The number of halogens is 7. The van der Waals surface area contributed by atoms with Crippen molar-refractivity contribution in [3.8, 4) is 0 Å². The minimum atomic E-state index is -4.56. The Morgan fingerprint density at radius 3 is 1.96 bits per heavy atom. The second-order valence-electron chi connectivity index (χ2n) is 8.92. The van der Waals surface area contributed by atoms with E-state index in [1.807, 2.05) is 4.90 Å². The summed E-state index contributed by atoms with van der Waals surface area (Å²) in [6, 6.07) is 6.44. The van der Waals surface area contributed by atoms with E-state index in [1.54, 1.807) is 30.0 Å². The number of carbonyl (C=O) groups is 2. The van der Waals surface area contributed by atoms with Crippen LogP contribution in [0.15, 0.2) is 35.4 Å². The summed E-state index contributed by atoms with van der Waals surface area (Å²) >= 11 is 1.05. The van der Waals surface area contributed by atoms with Gasteiger partial charge in [0, 0.05) is 32.7 Å². The topological polar surface area (TPSA) is 313 Å². The number of aromatic nitrogens is 2. The van der Waals surface area contributed by atoms with E-state index in [0.29, 0.717) is 52.0 Å². The first-order valence-corrected chi connectivity index (χ1v) is 13.1. The number of amides is 2. The molecule has 288 valence electrons. The molecule has 0 saturated carbocycles. The number of nitrogens with zero attached hydrogens (tertiary/aromatic N) is 5. The van der Waals surface area contributed by atoms with Gasteiger partial charge in [0.15, 0.2) is 0 Å². The zero-order valence-corrected chi connectivity index (χ0v) is 28.6. The van der Waals surface area contributed by atoms with E-state index in [2.05, 4.69) is 4.98 Å². The van der Waals surface area contributed by atoms with Gasteiger partial charge >= 0.3 is 12.9 Å². The molecule has 1 saturated heterocycles. The number of likely N-dealkylation sites (N-methyl/N-ethyl adjacent to an activating group) is 1. The lowest BCUT2D eigenvalue weighted by molar-refractivity contribution is -0.161. The van der Waals surface area contributed by atoms with E-state index < -0.39 is 37.4 Å². The lowest BCUT2D eigenvalue weighted by Crippen LogP contribution is -2.49. The van der Waals surface area contributed by atoms with Crippen molar-refractivity contribution < 1.29 is 56.8 Å². The summed E-state index contributed by atoms with van der Waals surface area (Å²) < 4.78 is 82.4. The molecule has 15 nitrogen and oxygen atoms in total. The van der Waals surface area contributed by atoms with E-state index in [1.165, 1.54) is 13.0 Å². The molecule has 0 bridgehead atoms. The van der Waals surface area contributed by atoms with Crippen molar-refractivity contribution >= 4 is 52.6 Å². The van der Waals surface area contributed by atoms with Gasteiger partial charge in [0.25, 0.3) is 11.5 Å². The maximum absolute atomic E-state index is 14.1. The fourth-order valence-electron chi connectivity index (χ4n) is 4.32. The van der Waals surface area contributed by atoms with Gasteiger partial charge in [0.2, 0.25) is 5.91 Å². The van der Waals surface area contributed by atoms with Crippen LogP contribution in [0.25, 0.3) is 10.2 Å². The maximum Gasteiger partial charge on any atom is 0.406 e. The van der Waals surface area contributed by atoms with Gasteiger partial charge in [0.05, 0.1) is 22.3 Å². The SMILES string of the molecule is CCN(CC(F)(F)F)C(=O)Cn1cnc2sc(C(=O)N3CCN(c4ccccc4F)CC3)c(C)c2c1=O.FC(F)F.N.N.N.N.O.O.O.S. The van der Waals surface area contributed by atoms with Crippen LogP contribution in [0.5, 0.6) is 0 Å². The molecule has 24 heteroatoms. The highest BCUT2D eigenvalue weighted by molar-refractivity contribution is 7.59. The molecule has 0 spiro atoms. The van der Waals surface area contributed by atoms with Gasteiger partial charge in [-0.1, -0.05) is 12.1 Å². The first kappa shape index (κ1) is 57.6. The number of alkyl halides is 6. The zero-order valence-electron chi connectivity index (χ0n) is 26.8. The monoisotopic (exact) mass is 765 g/mol. The molecule has 3 heterocycles. The number of para-hydroxylation sites is 1. The molecule has 0 aliphatic carbocycles. The molecule has 1 aliphatic heterocycles. The third-order valence-corrected chi connectivity index (χ3v) is 7.47. The van der Waals surface area contributed by atoms with E-state index in [9.17, 15) is 45.1 Å². The molecule has 2 aromatic heterocycles. The average Bonchev–Trinajstić information content (AvgIpc) is 3.24. The van der Waals surface area contributed by atoms with Crippen molar-refractivity contribution in [1.29, 1.82) is 0 Å². The van der Waals surface area contributed by atoms with Crippen molar-refractivity contribution in [2.45, 2.75) is 33.2 Å². The first-order valence-electron chi connectivity index (χ1n) is 12.3. The molecule has 0 unspecified atom stereocenters. The van der Waals surface area contributed by atoms with Gasteiger partial charge in [-0.2, -0.15) is 39.8 Å². The Morgan fingerprint density at radius 2 is 1.49 bits per heavy atom. The van der Waals surface area contributed by atoms with Crippen molar-refractivity contribution in [2.75, 3.05) is 44.2 Å². The predicted octanol–water partition coefficient (Wildman–Crippen LogP) is 2.74. The number of rotatable bonds is 6. The van der Waals surface area contributed by atoms with Crippen molar-refractivity contribution in [3.63, 3.8) is 0 Å². The Hall–Kier alpha value is -3.62. The molecule has 4 rings (SSSR count). The van der Waals surface area contributed by atoms with Crippen LogP contribution in [-0.2, 0) is 11.3 Å². The van der Waals surface area contributed by atoms with Crippen LogP contribution in [0.3, 0.4) is 0 Å². The van der Waals surface area contributed by atoms with E-state index in [-0.39, 0.29) is 78.2 Å². The summed E-state index contributed by atoms with van der Waals surface area (Å²) in [6.07, 6.45) is -3.44.